The number of hydrogen-bond acceptors (Lipinski definition) is 5. The molecule has 0 unspecified atom stereocenters. The third-order valence-electron chi connectivity index (χ3n) is 4.54. The molecule has 2 aliphatic heterocycles. The van der Waals surface area contributed by atoms with Crippen molar-refractivity contribution in [3.05, 3.63) is 46.0 Å². The van der Waals surface area contributed by atoms with Gasteiger partial charge in [0.2, 0.25) is 5.91 Å². The largest absolute Gasteiger partial charge is 0.375 e. The highest BCUT2D eigenvalue weighted by atomic mass is 32.1. The van der Waals surface area contributed by atoms with Crippen molar-refractivity contribution < 1.29 is 4.79 Å². The van der Waals surface area contributed by atoms with Crippen molar-refractivity contribution in [2.45, 2.75) is 19.3 Å². The molecule has 24 heavy (non-hydrogen) atoms. The summed E-state index contributed by atoms with van der Waals surface area (Å²) in [6, 6.07) is 6.13. The minimum atomic E-state index is 0.0809. The second-order valence-electron chi connectivity index (χ2n) is 6.27. The zero-order valence-corrected chi connectivity index (χ0v) is 14.2. The van der Waals surface area contributed by atoms with Crippen LogP contribution in [0.5, 0.6) is 0 Å². The smallest absolute Gasteiger partial charge is 0.228 e. The molecule has 3 heterocycles. The van der Waals surface area contributed by atoms with E-state index in [4.69, 9.17) is 5.73 Å². The number of carbonyl (C=O) groups is 1. The number of anilines is 2. The summed E-state index contributed by atoms with van der Waals surface area (Å²) < 4.78 is 0. The first kappa shape index (κ1) is 15.4. The van der Waals surface area contributed by atoms with Crippen LogP contribution < -0.4 is 11.1 Å². The van der Waals surface area contributed by atoms with E-state index in [1.54, 1.807) is 11.3 Å². The van der Waals surface area contributed by atoms with E-state index in [1.807, 2.05) is 12.1 Å². The Morgan fingerprint density at radius 2 is 2.21 bits per heavy atom. The predicted octanol–water partition coefficient (Wildman–Crippen LogP) is 2.33. The zero-order valence-electron chi connectivity index (χ0n) is 13.4. The number of hydrogen-bond donors (Lipinski definition) is 2. The number of nitrogen functional groups attached to an aromatic ring is 1. The van der Waals surface area contributed by atoms with Gasteiger partial charge in [-0.1, -0.05) is 18.2 Å². The normalized spacial score (nSPS) is 17.6. The number of amides is 1. The van der Waals surface area contributed by atoms with Gasteiger partial charge in [0, 0.05) is 36.6 Å². The Bertz CT molecular complexity index is 786. The Morgan fingerprint density at radius 1 is 1.33 bits per heavy atom. The van der Waals surface area contributed by atoms with Gasteiger partial charge < -0.3 is 11.1 Å². The maximum absolute atomic E-state index is 11.4. The fraction of sp³-hybridized carbons (Fsp3) is 0.333. The molecule has 0 aliphatic carbocycles. The molecule has 0 bridgehead atoms. The minimum Gasteiger partial charge on any atom is -0.375 e. The molecule has 0 radical (unpaired) electrons. The first-order valence-electron chi connectivity index (χ1n) is 8.23. The van der Waals surface area contributed by atoms with Crippen molar-refractivity contribution in [3.8, 4) is 0 Å². The van der Waals surface area contributed by atoms with E-state index in [0.29, 0.717) is 11.6 Å². The van der Waals surface area contributed by atoms with E-state index < -0.39 is 0 Å². The number of aromatic nitrogens is 1. The third-order valence-corrected chi connectivity index (χ3v) is 5.53. The van der Waals surface area contributed by atoms with Crippen molar-refractivity contribution >= 4 is 34.1 Å². The molecule has 124 valence electrons. The molecule has 6 heteroatoms. The minimum absolute atomic E-state index is 0.0809. The SMILES string of the molecule is Nc1nc2c(s1)CCN(CC=Cc1ccc3c(c1)CC(=O)N3)CC2. The molecule has 0 spiro atoms. The van der Waals surface area contributed by atoms with Crippen molar-refractivity contribution in [2.75, 3.05) is 30.7 Å². The summed E-state index contributed by atoms with van der Waals surface area (Å²) in [5, 5.41) is 3.56. The predicted molar refractivity (Wildman–Crippen MR) is 98.2 cm³/mol. The summed E-state index contributed by atoms with van der Waals surface area (Å²) in [5.74, 6) is 0.0809. The Hall–Kier alpha value is -2.18. The monoisotopic (exact) mass is 340 g/mol. The Labute approximate surface area is 145 Å². The van der Waals surface area contributed by atoms with Crippen LogP contribution in [0.1, 0.15) is 21.7 Å². The van der Waals surface area contributed by atoms with E-state index in [0.717, 1.165) is 49.3 Å². The molecule has 0 saturated carbocycles. The van der Waals surface area contributed by atoms with Crippen molar-refractivity contribution in [3.63, 3.8) is 0 Å². The van der Waals surface area contributed by atoms with Gasteiger partial charge in [-0.3, -0.25) is 9.69 Å². The van der Waals surface area contributed by atoms with Crippen molar-refractivity contribution in [2.24, 2.45) is 0 Å². The molecule has 1 amide bonds. The molecule has 3 N–H and O–H groups in total. The van der Waals surface area contributed by atoms with Crippen molar-refractivity contribution in [1.82, 2.24) is 9.88 Å². The van der Waals surface area contributed by atoms with Crippen LogP contribution in [0, 0.1) is 0 Å². The fourth-order valence-corrected chi connectivity index (χ4v) is 4.17. The summed E-state index contributed by atoms with van der Waals surface area (Å²) in [5.41, 5.74) is 10.2. The molecule has 5 nitrogen and oxygen atoms in total. The van der Waals surface area contributed by atoms with Crippen LogP contribution in [0.2, 0.25) is 0 Å². The lowest BCUT2D eigenvalue weighted by Crippen LogP contribution is -2.26. The summed E-state index contributed by atoms with van der Waals surface area (Å²) >= 11 is 1.63. The Kier molecular flexibility index (Phi) is 4.08. The van der Waals surface area contributed by atoms with E-state index in [1.165, 1.54) is 10.6 Å². The average Bonchev–Trinajstić information content (AvgIpc) is 3.04. The van der Waals surface area contributed by atoms with Gasteiger partial charge in [0.15, 0.2) is 5.13 Å². The van der Waals surface area contributed by atoms with E-state index in [9.17, 15) is 4.79 Å². The number of benzene rings is 1. The number of carbonyl (C=O) groups excluding carboxylic acids is 1. The van der Waals surface area contributed by atoms with Gasteiger partial charge in [-0.05, 0) is 29.7 Å². The van der Waals surface area contributed by atoms with Gasteiger partial charge in [-0.25, -0.2) is 4.98 Å². The lowest BCUT2D eigenvalue weighted by atomic mass is 10.1. The molecule has 1 aromatic carbocycles. The summed E-state index contributed by atoms with van der Waals surface area (Å²) in [4.78, 5) is 19.6. The molecule has 0 saturated heterocycles. The Balaban J connectivity index is 1.36. The first-order valence-corrected chi connectivity index (χ1v) is 9.05. The van der Waals surface area contributed by atoms with Gasteiger partial charge >= 0.3 is 0 Å². The maximum Gasteiger partial charge on any atom is 0.228 e. The van der Waals surface area contributed by atoms with Crippen LogP contribution in [0.3, 0.4) is 0 Å². The second kappa shape index (κ2) is 6.37. The number of thiazole rings is 1. The third kappa shape index (κ3) is 3.20. The lowest BCUT2D eigenvalue weighted by molar-refractivity contribution is -0.115. The van der Waals surface area contributed by atoms with Crippen LogP contribution in [-0.4, -0.2) is 35.4 Å². The van der Waals surface area contributed by atoms with E-state index in [2.05, 4.69) is 33.4 Å². The molecule has 2 aliphatic rings. The summed E-state index contributed by atoms with van der Waals surface area (Å²) in [7, 11) is 0. The van der Waals surface area contributed by atoms with E-state index in [-0.39, 0.29) is 5.91 Å². The molecular weight excluding hydrogens is 320 g/mol. The topological polar surface area (TPSA) is 71.2 Å². The Morgan fingerprint density at radius 3 is 3.12 bits per heavy atom. The summed E-state index contributed by atoms with van der Waals surface area (Å²) in [6.45, 7) is 2.99. The highest BCUT2D eigenvalue weighted by Crippen LogP contribution is 2.25. The molecule has 2 aromatic rings. The van der Waals surface area contributed by atoms with Gasteiger partial charge in [-0.2, -0.15) is 0 Å². The number of fused-ring (bicyclic) bond motifs is 2. The fourth-order valence-electron chi connectivity index (χ4n) is 3.30. The van der Waals surface area contributed by atoms with Crippen molar-refractivity contribution in [1.29, 1.82) is 0 Å². The second-order valence-corrected chi connectivity index (χ2v) is 7.38. The van der Waals surface area contributed by atoms with Crippen LogP contribution >= 0.6 is 11.3 Å². The maximum atomic E-state index is 11.4. The number of nitrogens with one attached hydrogen (secondary N) is 1. The highest BCUT2D eigenvalue weighted by Gasteiger charge is 2.18. The van der Waals surface area contributed by atoms with Crippen LogP contribution in [0.25, 0.3) is 6.08 Å². The zero-order chi connectivity index (χ0) is 16.5. The molecule has 0 atom stereocenters. The van der Waals surface area contributed by atoms with Crippen LogP contribution in [-0.2, 0) is 24.1 Å². The van der Waals surface area contributed by atoms with Gasteiger partial charge in [0.1, 0.15) is 0 Å². The molecule has 4 rings (SSSR count). The molecule has 0 fully saturated rings. The number of nitrogens with two attached hydrogens (primary N) is 1. The van der Waals surface area contributed by atoms with Gasteiger partial charge in [0.05, 0.1) is 12.1 Å². The molecule has 1 aromatic heterocycles. The summed E-state index contributed by atoms with van der Waals surface area (Å²) in [6.07, 6.45) is 6.84. The number of nitrogens with zero attached hydrogens (tertiary/aromatic N) is 2. The molecular formula is C18H20N4OS. The van der Waals surface area contributed by atoms with Gasteiger partial charge in [0.25, 0.3) is 0 Å². The lowest BCUT2D eigenvalue weighted by Gasteiger charge is -2.17. The average molecular weight is 340 g/mol. The van der Waals surface area contributed by atoms with E-state index >= 15 is 0 Å². The quantitative estimate of drug-likeness (QED) is 0.900. The standard InChI is InChI=1S/C18H20N4OS/c19-18-21-15-5-8-22(9-6-16(15)24-18)7-1-2-12-3-4-14-13(10-12)11-17(23)20-14/h1-4,10H,5-9,11H2,(H2,19,21)(H,20,23). The first-order chi connectivity index (χ1) is 11.7. The van der Waals surface area contributed by atoms with Crippen LogP contribution in [0.15, 0.2) is 24.3 Å². The highest BCUT2D eigenvalue weighted by molar-refractivity contribution is 7.15. The number of rotatable bonds is 3. The van der Waals surface area contributed by atoms with Crippen LogP contribution in [0.4, 0.5) is 10.8 Å². The van der Waals surface area contributed by atoms with Gasteiger partial charge in [-0.15, -0.1) is 11.3 Å².